The van der Waals surface area contributed by atoms with Crippen LogP contribution in [0, 0.1) is 13.8 Å². The molecule has 0 unspecified atom stereocenters. The van der Waals surface area contributed by atoms with Gasteiger partial charge < -0.3 is 9.64 Å². The zero-order valence-corrected chi connectivity index (χ0v) is 11.9. The van der Waals surface area contributed by atoms with E-state index in [1.807, 2.05) is 0 Å². The molecule has 0 bridgehead atoms. The standard InChI is InChI=1S/C12H16F3N3O3/c1-7-10(8(2)17-16-7)11(20)18(6-12(13,14)15)5-4-9(19)21-3/h4-6H2,1-3H3,(H,16,17). The van der Waals surface area contributed by atoms with Crippen molar-refractivity contribution in [1.29, 1.82) is 0 Å². The fourth-order valence-electron chi connectivity index (χ4n) is 1.82. The molecule has 0 saturated heterocycles. The van der Waals surface area contributed by atoms with Crippen molar-refractivity contribution in [2.75, 3.05) is 20.2 Å². The Morgan fingerprint density at radius 1 is 1.33 bits per heavy atom. The van der Waals surface area contributed by atoms with Crippen LogP contribution in [-0.2, 0) is 9.53 Å². The van der Waals surface area contributed by atoms with Gasteiger partial charge in [-0.1, -0.05) is 0 Å². The van der Waals surface area contributed by atoms with E-state index in [2.05, 4.69) is 14.9 Å². The molecule has 6 nitrogen and oxygen atoms in total. The van der Waals surface area contributed by atoms with Crippen molar-refractivity contribution < 1.29 is 27.5 Å². The average molecular weight is 307 g/mol. The Morgan fingerprint density at radius 2 is 1.95 bits per heavy atom. The highest BCUT2D eigenvalue weighted by atomic mass is 19.4. The maximum Gasteiger partial charge on any atom is 0.406 e. The summed E-state index contributed by atoms with van der Waals surface area (Å²) < 4.78 is 42.1. The Kier molecular flexibility index (Phi) is 5.34. The van der Waals surface area contributed by atoms with E-state index in [1.54, 1.807) is 6.92 Å². The number of H-pyrrole nitrogens is 1. The summed E-state index contributed by atoms with van der Waals surface area (Å²) in [7, 11) is 1.13. The van der Waals surface area contributed by atoms with Crippen LogP contribution < -0.4 is 0 Å². The lowest BCUT2D eigenvalue weighted by molar-refractivity contribution is -0.147. The Morgan fingerprint density at radius 3 is 2.38 bits per heavy atom. The fourth-order valence-corrected chi connectivity index (χ4v) is 1.82. The number of alkyl halides is 3. The number of aromatic amines is 1. The molecule has 0 aliphatic carbocycles. The second-order valence-corrected chi connectivity index (χ2v) is 4.48. The highest BCUT2D eigenvalue weighted by molar-refractivity contribution is 5.96. The van der Waals surface area contributed by atoms with Crippen LogP contribution in [0.4, 0.5) is 13.2 Å². The largest absolute Gasteiger partial charge is 0.469 e. The molecule has 0 aliphatic rings. The summed E-state index contributed by atoms with van der Waals surface area (Å²) in [6, 6.07) is 0. The van der Waals surface area contributed by atoms with Crippen LogP contribution in [0.1, 0.15) is 28.2 Å². The molecule has 0 aromatic carbocycles. The molecule has 0 spiro atoms. The van der Waals surface area contributed by atoms with E-state index >= 15 is 0 Å². The Balaban J connectivity index is 2.95. The smallest absolute Gasteiger partial charge is 0.406 e. The first kappa shape index (κ1) is 17.0. The van der Waals surface area contributed by atoms with Gasteiger partial charge >= 0.3 is 12.1 Å². The van der Waals surface area contributed by atoms with Crippen LogP contribution >= 0.6 is 0 Å². The molecule has 1 amide bonds. The van der Waals surface area contributed by atoms with Crippen LogP contribution in [0.3, 0.4) is 0 Å². The van der Waals surface area contributed by atoms with E-state index in [4.69, 9.17) is 0 Å². The summed E-state index contributed by atoms with van der Waals surface area (Å²) in [5, 5.41) is 6.32. The molecule has 1 heterocycles. The molecule has 0 fully saturated rings. The van der Waals surface area contributed by atoms with Gasteiger partial charge in [-0.15, -0.1) is 0 Å². The number of halogens is 3. The number of rotatable bonds is 5. The number of methoxy groups -OCH3 is 1. The summed E-state index contributed by atoms with van der Waals surface area (Å²) in [5.74, 6) is -1.50. The number of aromatic nitrogens is 2. The van der Waals surface area contributed by atoms with E-state index < -0.39 is 24.6 Å². The van der Waals surface area contributed by atoms with Crippen LogP contribution in [0.5, 0.6) is 0 Å². The SMILES string of the molecule is COC(=O)CCN(CC(F)(F)F)C(=O)c1c(C)n[nH]c1C. The molecule has 21 heavy (non-hydrogen) atoms. The first-order valence-electron chi connectivity index (χ1n) is 6.10. The molecule has 0 aliphatic heterocycles. The summed E-state index contributed by atoms with van der Waals surface area (Å²) >= 11 is 0. The topological polar surface area (TPSA) is 75.3 Å². The third-order valence-electron chi connectivity index (χ3n) is 2.81. The normalized spacial score (nSPS) is 11.3. The number of ether oxygens (including phenoxy) is 1. The van der Waals surface area contributed by atoms with Crippen LogP contribution in [0.2, 0.25) is 0 Å². The third-order valence-corrected chi connectivity index (χ3v) is 2.81. The minimum atomic E-state index is -4.56. The number of nitrogens with one attached hydrogen (secondary N) is 1. The number of hydrogen-bond acceptors (Lipinski definition) is 4. The summed E-state index contributed by atoms with van der Waals surface area (Å²) in [6.45, 7) is 1.24. The molecular formula is C12H16F3N3O3. The lowest BCUT2D eigenvalue weighted by Crippen LogP contribution is -2.40. The zero-order valence-electron chi connectivity index (χ0n) is 11.9. The molecule has 1 aromatic rings. The van der Waals surface area contributed by atoms with Gasteiger partial charge in [-0.2, -0.15) is 18.3 Å². The minimum absolute atomic E-state index is 0.0871. The van der Waals surface area contributed by atoms with Gasteiger partial charge in [0.15, 0.2) is 0 Å². The first-order valence-corrected chi connectivity index (χ1v) is 6.10. The molecular weight excluding hydrogens is 291 g/mol. The molecule has 9 heteroatoms. The van der Waals surface area contributed by atoms with Crippen molar-refractivity contribution in [3.8, 4) is 0 Å². The van der Waals surface area contributed by atoms with E-state index in [9.17, 15) is 22.8 Å². The Hall–Kier alpha value is -2.06. The van der Waals surface area contributed by atoms with Crippen molar-refractivity contribution in [2.24, 2.45) is 0 Å². The second kappa shape index (κ2) is 6.59. The van der Waals surface area contributed by atoms with E-state index in [0.717, 1.165) is 7.11 Å². The third kappa shape index (κ3) is 4.76. The number of carbonyl (C=O) groups excluding carboxylic acids is 2. The van der Waals surface area contributed by atoms with Crippen molar-refractivity contribution >= 4 is 11.9 Å². The monoisotopic (exact) mass is 307 g/mol. The average Bonchev–Trinajstić information content (AvgIpc) is 2.71. The summed E-state index contributed by atoms with van der Waals surface area (Å²) in [5.41, 5.74) is 0.773. The number of carbonyl (C=O) groups is 2. The summed E-state index contributed by atoms with van der Waals surface area (Å²) in [4.78, 5) is 23.9. The van der Waals surface area contributed by atoms with Crippen LogP contribution in [0.15, 0.2) is 0 Å². The molecule has 1 N–H and O–H groups in total. The van der Waals surface area contributed by atoms with E-state index in [0.29, 0.717) is 16.3 Å². The predicted molar refractivity (Wildman–Crippen MR) is 66.7 cm³/mol. The lowest BCUT2D eigenvalue weighted by Gasteiger charge is -2.23. The lowest BCUT2D eigenvalue weighted by atomic mass is 10.1. The molecule has 1 aromatic heterocycles. The second-order valence-electron chi connectivity index (χ2n) is 4.48. The Labute approximate surface area is 119 Å². The van der Waals surface area contributed by atoms with Gasteiger partial charge in [-0.3, -0.25) is 14.7 Å². The minimum Gasteiger partial charge on any atom is -0.469 e. The van der Waals surface area contributed by atoms with Crippen LogP contribution in [0.25, 0.3) is 0 Å². The first-order chi connectivity index (χ1) is 9.65. The maximum atomic E-state index is 12.6. The maximum absolute atomic E-state index is 12.6. The van der Waals surface area contributed by atoms with E-state index in [-0.39, 0.29) is 18.5 Å². The van der Waals surface area contributed by atoms with Crippen molar-refractivity contribution in [3.05, 3.63) is 17.0 Å². The summed E-state index contributed by atoms with van der Waals surface area (Å²) in [6.07, 6.45) is -4.87. The quantitative estimate of drug-likeness (QED) is 0.838. The van der Waals surface area contributed by atoms with Gasteiger partial charge in [0.25, 0.3) is 5.91 Å². The highest BCUT2D eigenvalue weighted by Gasteiger charge is 2.34. The number of hydrogen-bond donors (Lipinski definition) is 1. The Bertz CT molecular complexity index is 506. The fraction of sp³-hybridized carbons (Fsp3) is 0.583. The van der Waals surface area contributed by atoms with Crippen molar-refractivity contribution in [2.45, 2.75) is 26.4 Å². The predicted octanol–water partition coefficient (Wildman–Crippen LogP) is 1.59. The van der Waals surface area contributed by atoms with Gasteiger partial charge in [0.2, 0.25) is 0 Å². The molecule has 118 valence electrons. The van der Waals surface area contributed by atoms with Gasteiger partial charge in [0.1, 0.15) is 6.54 Å². The van der Waals surface area contributed by atoms with Crippen molar-refractivity contribution in [3.63, 3.8) is 0 Å². The van der Waals surface area contributed by atoms with Gasteiger partial charge in [-0.25, -0.2) is 0 Å². The van der Waals surface area contributed by atoms with Gasteiger partial charge in [0, 0.05) is 12.2 Å². The molecule has 1 rings (SSSR count). The van der Waals surface area contributed by atoms with E-state index in [1.165, 1.54) is 6.92 Å². The van der Waals surface area contributed by atoms with Crippen LogP contribution in [-0.4, -0.2) is 53.3 Å². The number of esters is 1. The molecule has 0 saturated carbocycles. The number of amides is 1. The van der Waals surface area contributed by atoms with Crippen molar-refractivity contribution in [1.82, 2.24) is 15.1 Å². The molecule has 0 radical (unpaired) electrons. The molecule has 0 atom stereocenters. The number of aryl methyl sites for hydroxylation is 2. The van der Waals surface area contributed by atoms with Gasteiger partial charge in [-0.05, 0) is 13.8 Å². The number of nitrogens with zero attached hydrogens (tertiary/aromatic N) is 2. The highest BCUT2D eigenvalue weighted by Crippen LogP contribution is 2.20. The zero-order chi connectivity index (χ0) is 16.2. The van der Waals surface area contributed by atoms with Gasteiger partial charge in [0.05, 0.1) is 24.8 Å².